The average Bonchev–Trinajstić information content (AvgIpc) is 3.29. The molecule has 13 nitrogen and oxygen atoms in total. The lowest BCUT2D eigenvalue weighted by molar-refractivity contribution is -0.372. The van der Waals surface area contributed by atoms with Crippen LogP contribution < -0.4 is 0 Å². The minimum atomic E-state index is -1.34. The quantitative estimate of drug-likeness (QED) is 0.0938. The van der Waals surface area contributed by atoms with Crippen molar-refractivity contribution in [1.29, 1.82) is 0 Å². The highest BCUT2D eigenvalue weighted by Crippen LogP contribution is 2.36. The van der Waals surface area contributed by atoms with Gasteiger partial charge in [0, 0.05) is 7.11 Å². The van der Waals surface area contributed by atoms with Gasteiger partial charge in [-0.15, -0.1) is 0 Å². The highest BCUT2D eigenvalue weighted by Gasteiger charge is 2.54. The first-order valence-corrected chi connectivity index (χ1v) is 21.8. The molecule has 2 fully saturated rings. The monoisotopic (exact) mass is 884 g/mol. The first-order chi connectivity index (χ1) is 30.7. The van der Waals surface area contributed by atoms with Gasteiger partial charge in [0.25, 0.3) is 0 Å². The van der Waals surface area contributed by atoms with E-state index in [1.54, 1.807) is 41.5 Å². The van der Waals surface area contributed by atoms with Crippen molar-refractivity contribution in [3.63, 3.8) is 0 Å². The fraction of sp³-hybridized carbons (Fsp3) is 0.490. The van der Waals surface area contributed by atoms with Crippen LogP contribution in [0.4, 0.5) is 0 Å². The van der Waals surface area contributed by atoms with Gasteiger partial charge in [0.1, 0.15) is 62.0 Å². The van der Waals surface area contributed by atoms with Gasteiger partial charge < -0.3 is 52.5 Å². The smallest absolute Gasteiger partial charge is 0.311 e. The molecule has 10 atom stereocenters. The Bertz CT molecular complexity index is 1990. The molecule has 13 heteroatoms. The second kappa shape index (κ2) is 23.1. The molecular weight excluding hydrogens is 821 g/mol. The molecule has 4 aromatic rings. The predicted molar refractivity (Wildman–Crippen MR) is 236 cm³/mol. The summed E-state index contributed by atoms with van der Waals surface area (Å²) in [7, 11) is 1.51. The summed E-state index contributed by atoms with van der Waals surface area (Å²) in [6.07, 6.45) is -10.8. The normalized spacial score (nSPS) is 26.2. The Labute approximate surface area is 377 Å². The molecule has 0 aromatic heterocycles. The van der Waals surface area contributed by atoms with Crippen molar-refractivity contribution in [3.8, 4) is 0 Å². The molecule has 2 aliphatic rings. The summed E-state index contributed by atoms with van der Waals surface area (Å²) >= 11 is 0. The average molecular weight is 885 g/mol. The van der Waals surface area contributed by atoms with Crippen LogP contribution in [-0.4, -0.2) is 98.8 Å². The maximum absolute atomic E-state index is 13.3. The molecule has 0 radical (unpaired) electrons. The summed E-state index contributed by atoms with van der Waals surface area (Å²) in [6.45, 7) is 10.5. The van der Waals surface area contributed by atoms with Crippen LogP contribution in [0.2, 0.25) is 0 Å². The highest BCUT2D eigenvalue weighted by molar-refractivity contribution is 5.75. The van der Waals surface area contributed by atoms with Crippen LogP contribution in [0.1, 0.15) is 63.8 Å². The molecule has 0 bridgehead atoms. The number of benzene rings is 4. The van der Waals surface area contributed by atoms with Crippen molar-refractivity contribution >= 4 is 11.9 Å². The van der Waals surface area contributed by atoms with Crippen LogP contribution in [0.25, 0.3) is 0 Å². The zero-order chi connectivity index (χ0) is 45.7. The van der Waals surface area contributed by atoms with E-state index in [9.17, 15) is 14.7 Å². The number of hydrogen-bond donors (Lipinski definition) is 1. The van der Waals surface area contributed by atoms with E-state index in [1.165, 1.54) is 7.11 Å². The van der Waals surface area contributed by atoms with E-state index in [0.29, 0.717) is 0 Å². The van der Waals surface area contributed by atoms with E-state index >= 15 is 0 Å². The van der Waals surface area contributed by atoms with E-state index in [4.69, 9.17) is 47.4 Å². The Morgan fingerprint density at radius 3 is 1.22 bits per heavy atom. The molecule has 6 rings (SSSR count). The molecule has 0 spiro atoms. The molecule has 0 saturated carbocycles. The number of aliphatic hydroxyl groups excluding tert-OH is 1. The van der Waals surface area contributed by atoms with E-state index in [2.05, 4.69) is 0 Å². The van der Waals surface area contributed by atoms with Crippen LogP contribution in [-0.2, 0) is 83.4 Å². The molecule has 2 heterocycles. The summed E-state index contributed by atoms with van der Waals surface area (Å²) in [6, 6.07) is 38.4. The third-order valence-corrected chi connectivity index (χ3v) is 10.9. The Morgan fingerprint density at radius 1 is 0.484 bits per heavy atom. The molecule has 2 saturated heterocycles. The molecule has 0 aliphatic carbocycles. The van der Waals surface area contributed by atoms with Crippen molar-refractivity contribution < 1.29 is 62.1 Å². The summed E-state index contributed by atoms with van der Waals surface area (Å²) in [4.78, 5) is 26.4. The first kappa shape index (κ1) is 48.9. The van der Waals surface area contributed by atoms with Gasteiger partial charge in [0.15, 0.2) is 12.6 Å². The van der Waals surface area contributed by atoms with Crippen LogP contribution in [0.5, 0.6) is 0 Å². The highest BCUT2D eigenvalue weighted by atomic mass is 16.8. The molecule has 0 unspecified atom stereocenters. The first-order valence-electron chi connectivity index (χ1n) is 21.8. The van der Waals surface area contributed by atoms with E-state index in [0.717, 1.165) is 22.3 Å². The second-order valence-electron chi connectivity index (χ2n) is 18.2. The zero-order valence-corrected chi connectivity index (χ0v) is 37.9. The van der Waals surface area contributed by atoms with E-state index in [-0.39, 0.29) is 39.6 Å². The van der Waals surface area contributed by atoms with Crippen molar-refractivity contribution in [2.75, 3.05) is 20.3 Å². The SMILES string of the molecule is CO[C@@H]1O[C@H](COC(=O)C(C)(C)C)[C@@H](O[C@@H]2O[C@H](COC(=O)C(C)(C)C)[C@@H](O)[C@H](OCc3ccccc3)[C@@H]2OCc2ccccc2)[C@H](OCc2ccccc2)[C@@H]1OCc1ccccc1. The lowest BCUT2D eigenvalue weighted by Crippen LogP contribution is -2.66. The van der Waals surface area contributed by atoms with Crippen molar-refractivity contribution in [1.82, 2.24) is 0 Å². The van der Waals surface area contributed by atoms with Gasteiger partial charge in [0.2, 0.25) is 0 Å². The largest absolute Gasteiger partial charge is 0.462 e. The Kier molecular flexibility index (Phi) is 17.6. The predicted octanol–water partition coefficient (Wildman–Crippen LogP) is 7.35. The van der Waals surface area contributed by atoms with Gasteiger partial charge in [-0.05, 0) is 63.8 Å². The number of carbonyl (C=O) groups excluding carboxylic acids is 2. The Morgan fingerprint density at radius 2 is 0.828 bits per heavy atom. The summed E-state index contributed by atoms with van der Waals surface area (Å²) in [5.74, 6) is -0.936. The maximum Gasteiger partial charge on any atom is 0.311 e. The lowest BCUT2D eigenvalue weighted by Gasteiger charge is -2.49. The molecule has 2 aliphatic heterocycles. The number of rotatable bonds is 19. The van der Waals surface area contributed by atoms with Crippen molar-refractivity contribution in [2.24, 2.45) is 10.8 Å². The van der Waals surface area contributed by atoms with Crippen LogP contribution in [0.15, 0.2) is 121 Å². The number of methoxy groups -OCH3 is 1. The van der Waals surface area contributed by atoms with E-state index < -0.39 is 84.2 Å². The Balaban J connectivity index is 1.41. The van der Waals surface area contributed by atoms with E-state index in [1.807, 2.05) is 121 Å². The van der Waals surface area contributed by atoms with Gasteiger partial charge in [-0.1, -0.05) is 121 Å². The third kappa shape index (κ3) is 13.7. The van der Waals surface area contributed by atoms with Crippen LogP contribution in [0.3, 0.4) is 0 Å². The van der Waals surface area contributed by atoms with Crippen molar-refractivity contribution in [2.45, 2.75) is 129 Å². The number of carbonyl (C=O) groups is 2. The van der Waals surface area contributed by atoms with Gasteiger partial charge in [0.05, 0.1) is 37.3 Å². The number of esters is 2. The topological polar surface area (TPSA) is 147 Å². The minimum absolute atomic E-state index is 0.104. The zero-order valence-electron chi connectivity index (χ0n) is 37.9. The fourth-order valence-electron chi connectivity index (χ4n) is 7.21. The fourth-order valence-corrected chi connectivity index (χ4v) is 7.21. The molecule has 64 heavy (non-hydrogen) atoms. The van der Waals surface area contributed by atoms with Gasteiger partial charge in [-0.25, -0.2) is 0 Å². The molecule has 0 amide bonds. The molecule has 1 N–H and O–H groups in total. The summed E-state index contributed by atoms with van der Waals surface area (Å²) in [5.41, 5.74) is 1.85. The van der Waals surface area contributed by atoms with Crippen molar-refractivity contribution in [3.05, 3.63) is 144 Å². The van der Waals surface area contributed by atoms with Gasteiger partial charge >= 0.3 is 11.9 Å². The standard InChI is InChI=1S/C51H64O13/c1-50(2,3)48(53)60-32-38-40(52)42(56-28-34-20-12-8-13-21-34)44(58-30-36-24-16-10-17-25-36)47(62-38)64-41-39(33-61-49(54)51(4,5)6)63-46(55-7)45(59-31-37-26-18-11-19-27-37)43(41)57-29-35-22-14-9-15-23-35/h8-27,38-47,52H,28-33H2,1-7H3/t38-,39-,40-,41-,42+,43+,44+,45+,46-,47+/m1/s1. The summed E-state index contributed by atoms with van der Waals surface area (Å²) in [5, 5.41) is 12.1. The third-order valence-electron chi connectivity index (χ3n) is 10.9. The minimum Gasteiger partial charge on any atom is -0.462 e. The number of aliphatic hydroxyl groups is 1. The Hall–Kier alpha value is -4.54. The number of hydrogen-bond acceptors (Lipinski definition) is 13. The lowest BCUT2D eigenvalue weighted by atomic mass is 9.95. The molecule has 4 aromatic carbocycles. The molecular formula is C51H64O13. The summed E-state index contributed by atoms with van der Waals surface area (Å²) < 4.78 is 64.7. The maximum atomic E-state index is 13.3. The second-order valence-corrected chi connectivity index (χ2v) is 18.2. The van der Waals surface area contributed by atoms with Gasteiger partial charge in [-0.2, -0.15) is 0 Å². The van der Waals surface area contributed by atoms with Crippen LogP contribution >= 0.6 is 0 Å². The van der Waals surface area contributed by atoms with Crippen LogP contribution in [0, 0.1) is 10.8 Å². The van der Waals surface area contributed by atoms with Gasteiger partial charge in [-0.3, -0.25) is 9.59 Å². The number of ether oxygens (including phenoxy) is 10. The molecule has 346 valence electrons.